The van der Waals surface area contributed by atoms with Crippen LogP contribution < -0.4 is 4.74 Å². The average Bonchev–Trinajstić information content (AvgIpc) is 2.82. The molecule has 1 aliphatic heterocycles. The summed E-state index contributed by atoms with van der Waals surface area (Å²) in [6, 6.07) is 9.05. The number of nitriles is 1. The van der Waals surface area contributed by atoms with Gasteiger partial charge in [0.15, 0.2) is 12.0 Å². The maximum absolute atomic E-state index is 13.5. The first-order valence-electron chi connectivity index (χ1n) is 11.2. The van der Waals surface area contributed by atoms with E-state index in [0.29, 0.717) is 34.6 Å². The van der Waals surface area contributed by atoms with Crippen molar-refractivity contribution in [1.82, 2.24) is 4.57 Å². The SMILES string of the molecule is COc1ccc(-c2c3c(n([C@H]4O[C@@H](CO)[C@@H](O)[C@@H](O)[C@@H]4O)c(=S)c2C#N)CC(C)(C)CC3=O)cc1. The van der Waals surface area contributed by atoms with Gasteiger partial charge in [0, 0.05) is 23.2 Å². The third kappa shape index (κ3) is 4.29. The van der Waals surface area contributed by atoms with E-state index in [9.17, 15) is 30.5 Å². The number of benzene rings is 1. The molecule has 1 fully saturated rings. The summed E-state index contributed by atoms with van der Waals surface area (Å²) in [5, 5.41) is 51.3. The van der Waals surface area contributed by atoms with Crippen molar-refractivity contribution in [1.29, 1.82) is 5.26 Å². The fourth-order valence-electron chi connectivity index (χ4n) is 4.97. The summed E-state index contributed by atoms with van der Waals surface area (Å²) < 4.78 is 12.4. The van der Waals surface area contributed by atoms with Gasteiger partial charge in [-0.05, 0) is 29.5 Å². The second kappa shape index (κ2) is 9.43. The first kappa shape index (κ1) is 25.4. The Kier molecular flexibility index (Phi) is 6.85. The van der Waals surface area contributed by atoms with Gasteiger partial charge in [0.05, 0.1) is 19.3 Å². The molecule has 0 radical (unpaired) electrons. The number of ether oxygens (including phenoxy) is 2. The molecule has 1 aromatic carbocycles. The minimum atomic E-state index is -1.64. The molecule has 2 aromatic rings. The number of aliphatic hydroxyl groups is 4. The number of rotatable bonds is 4. The number of methoxy groups -OCH3 is 1. The van der Waals surface area contributed by atoms with Crippen LogP contribution in [0.1, 0.15) is 48.1 Å². The second-order valence-electron chi connectivity index (χ2n) is 9.75. The van der Waals surface area contributed by atoms with Crippen LogP contribution in [0.15, 0.2) is 24.3 Å². The predicted molar refractivity (Wildman–Crippen MR) is 127 cm³/mol. The number of ketones is 1. The molecule has 1 aromatic heterocycles. The van der Waals surface area contributed by atoms with Gasteiger partial charge in [-0.3, -0.25) is 4.79 Å². The molecule has 5 atom stereocenters. The molecule has 2 aliphatic rings. The molecule has 186 valence electrons. The summed E-state index contributed by atoms with van der Waals surface area (Å²) in [6.45, 7) is 3.25. The summed E-state index contributed by atoms with van der Waals surface area (Å²) in [4.78, 5) is 13.5. The Bertz CT molecular complexity index is 1250. The number of carbonyl (C=O) groups excluding carboxylic acids is 1. The highest BCUT2D eigenvalue weighted by atomic mass is 32.1. The summed E-state index contributed by atoms with van der Waals surface area (Å²) in [7, 11) is 1.54. The third-order valence-electron chi connectivity index (χ3n) is 6.69. The lowest BCUT2D eigenvalue weighted by atomic mass is 9.73. The van der Waals surface area contributed by atoms with Crippen LogP contribution in [-0.4, -0.2) is 68.9 Å². The normalized spacial score (nSPS) is 27.7. The second-order valence-corrected chi connectivity index (χ2v) is 10.1. The zero-order chi connectivity index (χ0) is 25.7. The van der Waals surface area contributed by atoms with E-state index in [4.69, 9.17) is 21.7 Å². The average molecular weight is 501 g/mol. The van der Waals surface area contributed by atoms with Crippen molar-refractivity contribution in [2.45, 2.75) is 57.3 Å². The minimum Gasteiger partial charge on any atom is -0.497 e. The molecule has 0 spiro atoms. The molecule has 1 saturated heterocycles. The number of aromatic nitrogens is 1. The predicted octanol–water partition coefficient (Wildman–Crippen LogP) is 1.89. The van der Waals surface area contributed by atoms with Crippen LogP contribution >= 0.6 is 12.2 Å². The lowest BCUT2D eigenvalue weighted by molar-refractivity contribution is -0.252. The Morgan fingerprint density at radius 2 is 1.80 bits per heavy atom. The van der Waals surface area contributed by atoms with Crippen molar-refractivity contribution in [3.8, 4) is 22.9 Å². The molecule has 2 heterocycles. The highest BCUT2D eigenvalue weighted by Crippen LogP contribution is 2.43. The first-order chi connectivity index (χ1) is 16.5. The first-order valence-corrected chi connectivity index (χ1v) is 11.6. The number of hydrogen-bond acceptors (Lipinski definition) is 9. The van der Waals surface area contributed by atoms with E-state index in [1.807, 2.05) is 13.8 Å². The van der Waals surface area contributed by atoms with E-state index in [1.165, 1.54) is 11.7 Å². The van der Waals surface area contributed by atoms with Gasteiger partial charge in [0.2, 0.25) is 0 Å². The molecule has 35 heavy (non-hydrogen) atoms. The summed E-state index contributed by atoms with van der Waals surface area (Å²) in [6.07, 6.45) is -6.70. The van der Waals surface area contributed by atoms with Gasteiger partial charge in [0.25, 0.3) is 0 Å². The molecule has 0 amide bonds. The van der Waals surface area contributed by atoms with Gasteiger partial charge < -0.3 is 34.5 Å². The van der Waals surface area contributed by atoms with E-state index in [0.717, 1.165) is 0 Å². The standard InChI is InChI=1S/C25H28N2O7S/c1-25(2)8-15-19(16(29)9-25)18(12-4-6-13(33-3)7-5-12)14(10-26)24(35)27(15)23-22(32)21(31)20(30)17(11-28)34-23/h4-7,17,20-23,28,30-32H,8-9,11H2,1-3H3/t17-,20+,21+,22-,23-/m0/s1. The van der Waals surface area contributed by atoms with Crippen molar-refractivity contribution in [3.63, 3.8) is 0 Å². The zero-order valence-electron chi connectivity index (χ0n) is 19.6. The molecule has 0 bridgehead atoms. The van der Waals surface area contributed by atoms with Crippen LogP contribution in [0.3, 0.4) is 0 Å². The molecule has 4 N–H and O–H groups in total. The van der Waals surface area contributed by atoms with E-state index in [-0.39, 0.29) is 22.4 Å². The van der Waals surface area contributed by atoms with Crippen LogP contribution in [0, 0.1) is 21.4 Å². The maximum Gasteiger partial charge on any atom is 0.165 e. The number of Topliss-reactive ketones (excluding diaryl/α,β-unsaturated/α-hetero) is 1. The van der Waals surface area contributed by atoms with Gasteiger partial charge in [-0.1, -0.05) is 38.2 Å². The van der Waals surface area contributed by atoms with Gasteiger partial charge in [0.1, 0.15) is 40.9 Å². The van der Waals surface area contributed by atoms with Crippen molar-refractivity contribution in [3.05, 3.63) is 45.7 Å². The highest BCUT2D eigenvalue weighted by Gasteiger charge is 2.46. The molecule has 9 nitrogen and oxygen atoms in total. The monoisotopic (exact) mass is 500 g/mol. The van der Waals surface area contributed by atoms with Crippen LogP contribution in [0.4, 0.5) is 0 Å². The molecule has 1 aliphatic carbocycles. The minimum absolute atomic E-state index is 0.0203. The van der Waals surface area contributed by atoms with E-state index >= 15 is 0 Å². The molecule has 0 saturated carbocycles. The smallest absolute Gasteiger partial charge is 0.165 e. The molecule has 0 unspecified atom stereocenters. The summed E-state index contributed by atoms with van der Waals surface area (Å²) >= 11 is 5.71. The molecular weight excluding hydrogens is 472 g/mol. The Morgan fingerprint density at radius 3 is 2.37 bits per heavy atom. The van der Waals surface area contributed by atoms with E-state index in [1.54, 1.807) is 24.3 Å². The Labute approximate surface area is 207 Å². The van der Waals surface area contributed by atoms with Crippen molar-refractivity contribution in [2.75, 3.05) is 13.7 Å². The molecule has 10 heteroatoms. The number of nitrogens with zero attached hydrogens (tertiary/aromatic N) is 2. The van der Waals surface area contributed by atoms with Crippen molar-refractivity contribution < 1.29 is 34.7 Å². The van der Waals surface area contributed by atoms with Gasteiger partial charge in [-0.25, -0.2) is 0 Å². The molecule has 4 rings (SSSR count). The van der Waals surface area contributed by atoms with E-state index in [2.05, 4.69) is 6.07 Å². The third-order valence-corrected chi connectivity index (χ3v) is 7.09. The number of pyridine rings is 1. The lowest BCUT2D eigenvalue weighted by Crippen LogP contribution is -2.57. The van der Waals surface area contributed by atoms with Crippen molar-refractivity contribution >= 4 is 18.0 Å². The van der Waals surface area contributed by atoms with E-state index < -0.39 is 42.7 Å². The van der Waals surface area contributed by atoms with Gasteiger partial charge in [-0.15, -0.1) is 0 Å². The quantitative estimate of drug-likeness (QED) is 0.462. The Hall–Kier alpha value is -2.65. The Morgan fingerprint density at radius 1 is 1.14 bits per heavy atom. The fraction of sp³-hybridized carbons (Fsp3) is 0.480. The van der Waals surface area contributed by atoms with Crippen molar-refractivity contribution in [2.24, 2.45) is 5.41 Å². The van der Waals surface area contributed by atoms with Crippen LogP contribution in [0.2, 0.25) is 0 Å². The van der Waals surface area contributed by atoms with Crippen LogP contribution in [0.5, 0.6) is 5.75 Å². The largest absolute Gasteiger partial charge is 0.497 e. The van der Waals surface area contributed by atoms with Crippen LogP contribution in [-0.2, 0) is 11.2 Å². The zero-order valence-corrected chi connectivity index (χ0v) is 20.5. The number of fused-ring (bicyclic) bond motifs is 1. The van der Waals surface area contributed by atoms with Crippen LogP contribution in [0.25, 0.3) is 11.1 Å². The van der Waals surface area contributed by atoms with Gasteiger partial charge in [-0.2, -0.15) is 5.26 Å². The van der Waals surface area contributed by atoms with Gasteiger partial charge >= 0.3 is 0 Å². The highest BCUT2D eigenvalue weighted by molar-refractivity contribution is 7.71. The topological polar surface area (TPSA) is 145 Å². The Balaban J connectivity index is 2.04. The number of carbonyl (C=O) groups is 1. The fourth-order valence-corrected chi connectivity index (χ4v) is 5.33. The molecular formula is C25H28N2O7S. The lowest BCUT2D eigenvalue weighted by Gasteiger charge is -2.43. The summed E-state index contributed by atoms with van der Waals surface area (Å²) in [5.74, 6) is 0.423. The number of aliphatic hydroxyl groups excluding tert-OH is 4. The number of hydrogen-bond donors (Lipinski definition) is 4. The summed E-state index contributed by atoms with van der Waals surface area (Å²) in [5.41, 5.74) is 1.37. The maximum atomic E-state index is 13.5.